The first kappa shape index (κ1) is 8.96. The second-order valence-corrected chi connectivity index (χ2v) is 5.23. The van der Waals surface area contributed by atoms with Crippen LogP contribution in [0.3, 0.4) is 0 Å². The van der Waals surface area contributed by atoms with Gasteiger partial charge in [0, 0.05) is 12.7 Å². The first-order valence-corrected chi connectivity index (χ1v) is 5.48. The van der Waals surface area contributed by atoms with Gasteiger partial charge in [0.1, 0.15) is 0 Å². The highest BCUT2D eigenvalue weighted by Crippen LogP contribution is 2.15. The Morgan fingerprint density at radius 3 is 2.64 bits per heavy atom. The van der Waals surface area contributed by atoms with E-state index in [-0.39, 0.29) is 11.8 Å². The summed E-state index contributed by atoms with van der Waals surface area (Å²) in [5.41, 5.74) is 5.37. The van der Waals surface area contributed by atoms with Crippen molar-refractivity contribution >= 4 is 9.84 Å². The Kier molecular flexibility index (Phi) is 2.51. The third-order valence-corrected chi connectivity index (χ3v) is 3.87. The Balaban J connectivity index is 2.55. The van der Waals surface area contributed by atoms with Gasteiger partial charge in [-0.15, -0.1) is 0 Å². The standard InChI is InChI=1S/C6H14N2O2S/c1-8(5-7)6-2-3-11(9,10)4-6/h6H,2-5,7H2,1H3. The summed E-state index contributed by atoms with van der Waals surface area (Å²) in [5.74, 6) is 0.600. The van der Waals surface area contributed by atoms with Gasteiger partial charge in [-0.3, -0.25) is 4.90 Å². The summed E-state index contributed by atoms with van der Waals surface area (Å²) in [6.45, 7) is 0.431. The molecule has 1 saturated heterocycles. The van der Waals surface area contributed by atoms with Gasteiger partial charge in [0.25, 0.3) is 0 Å². The molecular weight excluding hydrogens is 164 g/mol. The molecule has 11 heavy (non-hydrogen) atoms. The smallest absolute Gasteiger partial charge is 0.151 e. The average molecular weight is 178 g/mol. The second-order valence-electron chi connectivity index (χ2n) is 3.00. The molecule has 1 rings (SSSR count). The van der Waals surface area contributed by atoms with Crippen LogP contribution in [0.4, 0.5) is 0 Å². The van der Waals surface area contributed by atoms with Crippen molar-refractivity contribution in [2.24, 2.45) is 5.73 Å². The molecule has 1 aliphatic rings. The van der Waals surface area contributed by atoms with Crippen LogP contribution in [-0.4, -0.2) is 44.6 Å². The summed E-state index contributed by atoms with van der Waals surface area (Å²) < 4.78 is 22.0. The van der Waals surface area contributed by atoms with Gasteiger partial charge >= 0.3 is 0 Å². The van der Waals surface area contributed by atoms with Crippen molar-refractivity contribution < 1.29 is 8.42 Å². The van der Waals surface area contributed by atoms with E-state index in [1.807, 2.05) is 11.9 Å². The molecule has 0 aromatic heterocycles. The Labute approximate surface area is 67.3 Å². The minimum Gasteiger partial charge on any atom is -0.318 e. The minimum atomic E-state index is -2.75. The highest BCUT2D eigenvalue weighted by Gasteiger charge is 2.29. The quantitative estimate of drug-likeness (QED) is 0.552. The number of sulfone groups is 1. The number of hydrogen-bond acceptors (Lipinski definition) is 4. The van der Waals surface area contributed by atoms with E-state index in [4.69, 9.17) is 5.73 Å². The van der Waals surface area contributed by atoms with Crippen molar-refractivity contribution in [3.8, 4) is 0 Å². The van der Waals surface area contributed by atoms with E-state index >= 15 is 0 Å². The molecule has 1 heterocycles. The Bertz CT molecular complexity index is 225. The zero-order chi connectivity index (χ0) is 8.48. The third kappa shape index (κ3) is 2.15. The van der Waals surface area contributed by atoms with Crippen LogP contribution in [0.1, 0.15) is 6.42 Å². The molecule has 1 atom stereocenters. The van der Waals surface area contributed by atoms with E-state index in [0.717, 1.165) is 6.42 Å². The lowest BCUT2D eigenvalue weighted by Gasteiger charge is -2.19. The largest absolute Gasteiger partial charge is 0.318 e. The average Bonchev–Trinajstić information content (AvgIpc) is 2.29. The molecule has 1 aliphatic heterocycles. The van der Waals surface area contributed by atoms with Gasteiger partial charge in [-0.05, 0) is 13.5 Å². The Morgan fingerprint density at radius 1 is 1.64 bits per heavy atom. The van der Waals surface area contributed by atoms with Gasteiger partial charge < -0.3 is 5.73 Å². The molecule has 2 N–H and O–H groups in total. The fraction of sp³-hybridized carbons (Fsp3) is 1.00. The lowest BCUT2D eigenvalue weighted by atomic mass is 10.2. The van der Waals surface area contributed by atoms with Crippen LogP contribution in [0.15, 0.2) is 0 Å². The second kappa shape index (κ2) is 3.08. The topological polar surface area (TPSA) is 63.4 Å². The number of nitrogens with two attached hydrogens (primary N) is 1. The Morgan fingerprint density at radius 2 is 2.27 bits per heavy atom. The zero-order valence-corrected chi connectivity index (χ0v) is 7.47. The van der Waals surface area contributed by atoms with Gasteiger partial charge in [0.05, 0.1) is 11.5 Å². The number of nitrogens with zero attached hydrogens (tertiary/aromatic N) is 1. The predicted molar refractivity (Wildman–Crippen MR) is 43.9 cm³/mol. The van der Waals surface area contributed by atoms with E-state index in [2.05, 4.69) is 0 Å². The van der Waals surface area contributed by atoms with E-state index in [1.54, 1.807) is 0 Å². The van der Waals surface area contributed by atoms with Gasteiger partial charge in [-0.25, -0.2) is 8.42 Å². The van der Waals surface area contributed by atoms with Crippen LogP contribution in [-0.2, 0) is 9.84 Å². The fourth-order valence-electron chi connectivity index (χ4n) is 1.27. The van der Waals surface area contributed by atoms with Crippen LogP contribution >= 0.6 is 0 Å². The molecule has 1 fully saturated rings. The molecule has 66 valence electrons. The van der Waals surface area contributed by atoms with Gasteiger partial charge in [-0.1, -0.05) is 0 Å². The normalized spacial score (nSPS) is 29.5. The molecule has 0 bridgehead atoms. The van der Waals surface area contributed by atoms with Crippen molar-refractivity contribution in [2.45, 2.75) is 12.5 Å². The van der Waals surface area contributed by atoms with Gasteiger partial charge in [0.2, 0.25) is 0 Å². The van der Waals surface area contributed by atoms with E-state index in [1.165, 1.54) is 0 Å². The van der Waals surface area contributed by atoms with Crippen LogP contribution in [0, 0.1) is 0 Å². The monoisotopic (exact) mass is 178 g/mol. The highest BCUT2D eigenvalue weighted by atomic mass is 32.2. The van der Waals surface area contributed by atoms with E-state index in [9.17, 15) is 8.42 Å². The summed E-state index contributed by atoms with van der Waals surface area (Å²) in [4.78, 5) is 1.88. The summed E-state index contributed by atoms with van der Waals surface area (Å²) in [6, 6.07) is 0.144. The minimum absolute atomic E-state index is 0.144. The van der Waals surface area contributed by atoms with E-state index in [0.29, 0.717) is 12.4 Å². The molecule has 0 radical (unpaired) electrons. The van der Waals surface area contributed by atoms with E-state index < -0.39 is 9.84 Å². The predicted octanol–water partition coefficient (Wildman–Crippen LogP) is -0.978. The molecule has 0 aliphatic carbocycles. The molecule has 0 aromatic rings. The fourth-order valence-corrected chi connectivity index (χ4v) is 3.08. The molecule has 0 spiro atoms. The molecule has 0 amide bonds. The molecule has 1 unspecified atom stereocenters. The van der Waals surface area contributed by atoms with Crippen LogP contribution in [0.25, 0.3) is 0 Å². The molecular formula is C6H14N2O2S. The number of rotatable bonds is 2. The van der Waals surface area contributed by atoms with Crippen molar-refractivity contribution in [3.05, 3.63) is 0 Å². The maximum atomic E-state index is 11.0. The van der Waals surface area contributed by atoms with Crippen molar-refractivity contribution in [1.82, 2.24) is 4.90 Å². The highest BCUT2D eigenvalue weighted by molar-refractivity contribution is 7.91. The van der Waals surface area contributed by atoms with Gasteiger partial charge in [-0.2, -0.15) is 0 Å². The van der Waals surface area contributed by atoms with Crippen LogP contribution in [0.5, 0.6) is 0 Å². The van der Waals surface area contributed by atoms with Crippen LogP contribution < -0.4 is 5.73 Å². The summed E-state index contributed by atoms with van der Waals surface area (Å²) >= 11 is 0. The Hall–Kier alpha value is -0.130. The zero-order valence-electron chi connectivity index (χ0n) is 6.66. The molecule has 5 heteroatoms. The van der Waals surface area contributed by atoms with Gasteiger partial charge in [0.15, 0.2) is 9.84 Å². The molecule has 0 saturated carbocycles. The lowest BCUT2D eigenvalue weighted by Crippen LogP contribution is -2.36. The molecule has 0 aromatic carbocycles. The third-order valence-electron chi connectivity index (χ3n) is 2.12. The van der Waals surface area contributed by atoms with Crippen molar-refractivity contribution in [3.63, 3.8) is 0 Å². The summed E-state index contributed by atoms with van der Waals surface area (Å²) in [7, 11) is -0.895. The number of hydrogen-bond donors (Lipinski definition) is 1. The SMILES string of the molecule is CN(CN)C1CCS(=O)(=O)C1. The van der Waals surface area contributed by atoms with Crippen molar-refractivity contribution in [2.75, 3.05) is 25.2 Å². The lowest BCUT2D eigenvalue weighted by molar-refractivity contribution is 0.269. The maximum absolute atomic E-state index is 11.0. The summed E-state index contributed by atoms with van der Waals surface area (Å²) in [5, 5.41) is 0. The maximum Gasteiger partial charge on any atom is 0.151 e. The van der Waals surface area contributed by atoms with Crippen LogP contribution in [0.2, 0.25) is 0 Å². The summed E-state index contributed by atoms with van der Waals surface area (Å²) in [6.07, 6.45) is 0.732. The van der Waals surface area contributed by atoms with Crippen molar-refractivity contribution in [1.29, 1.82) is 0 Å². The molecule has 4 nitrogen and oxygen atoms in total. The first-order valence-electron chi connectivity index (χ1n) is 3.66. The first-order chi connectivity index (χ1) is 5.05.